The third-order valence-corrected chi connectivity index (χ3v) is 6.69. The molecule has 0 fully saturated rings. The van der Waals surface area contributed by atoms with Crippen LogP contribution in [0.15, 0.2) is 30.3 Å². The Bertz CT molecular complexity index is 1030. The molecule has 0 saturated carbocycles. The Hall–Kier alpha value is -1.87. The van der Waals surface area contributed by atoms with Crippen molar-refractivity contribution >= 4 is 62.1 Å². The van der Waals surface area contributed by atoms with Crippen LogP contribution < -0.4 is 19.1 Å². The second-order valence-electron chi connectivity index (χ2n) is 5.74. The first-order valence-electron chi connectivity index (χ1n) is 8.05. The van der Waals surface area contributed by atoms with Crippen LogP contribution in [0, 0.1) is 0 Å². The van der Waals surface area contributed by atoms with Gasteiger partial charge in [0, 0.05) is 6.07 Å². The number of nitrogens with one attached hydrogen (secondary N) is 1. The smallest absolute Gasteiger partial charge is 0.245 e. The lowest BCUT2D eigenvalue weighted by molar-refractivity contribution is -0.114. The standard InChI is InChI=1S/C17H15Cl3N2O5S/c1-2-28(24,25)22(10-3-4-15-16(5-10)27-9-26-15)8-17(23)21-14-7-12(19)11(18)6-13(14)20/h3-7H,2,8-9H2,1H3,(H,21,23). The van der Waals surface area contributed by atoms with Gasteiger partial charge in [-0.05, 0) is 31.2 Å². The maximum atomic E-state index is 12.6. The molecule has 1 N–H and O–H groups in total. The summed E-state index contributed by atoms with van der Waals surface area (Å²) in [6.07, 6.45) is 0. The summed E-state index contributed by atoms with van der Waals surface area (Å²) >= 11 is 17.9. The molecule has 1 aliphatic rings. The molecular weight excluding hydrogens is 451 g/mol. The number of carbonyl (C=O) groups excluding carboxylic acids is 1. The van der Waals surface area contributed by atoms with Crippen LogP contribution in [0.2, 0.25) is 15.1 Å². The van der Waals surface area contributed by atoms with Crippen molar-refractivity contribution in [3.05, 3.63) is 45.4 Å². The van der Waals surface area contributed by atoms with E-state index in [0.717, 1.165) is 4.31 Å². The van der Waals surface area contributed by atoms with Gasteiger partial charge >= 0.3 is 0 Å². The molecule has 0 atom stereocenters. The summed E-state index contributed by atoms with van der Waals surface area (Å²) in [5.74, 6) is 0.115. The quantitative estimate of drug-likeness (QED) is 0.647. The van der Waals surface area contributed by atoms with Crippen LogP contribution in [-0.2, 0) is 14.8 Å². The highest BCUT2D eigenvalue weighted by atomic mass is 35.5. The molecule has 0 saturated heterocycles. The van der Waals surface area contributed by atoms with Gasteiger partial charge in [0.1, 0.15) is 6.54 Å². The van der Waals surface area contributed by atoms with Gasteiger partial charge in [-0.3, -0.25) is 9.10 Å². The van der Waals surface area contributed by atoms with Crippen molar-refractivity contribution in [2.24, 2.45) is 0 Å². The molecule has 11 heteroatoms. The van der Waals surface area contributed by atoms with Gasteiger partial charge in [0.05, 0.1) is 32.2 Å². The van der Waals surface area contributed by atoms with Crippen LogP contribution in [0.4, 0.5) is 11.4 Å². The maximum absolute atomic E-state index is 12.6. The van der Waals surface area contributed by atoms with Crippen LogP contribution in [0.25, 0.3) is 0 Å². The van der Waals surface area contributed by atoms with Gasteiger partial charge in [-0.2, -0.15) is 0 Å². The third-order valence-electron chi connectivity index (χ3n) is 3.92. The normalized spacial score (nSPS) is 12.7. The van der Waals surface area contributed by atoms with E-state index in [0.29, 0.717) is 11.5 Å². The van der Waals surface area contributed by atoms with Crippen molar-refractivity contribution in [2.45, 2.75) is 6.92 Å². The number of carbonyl (C=O) groups is 1. The number of rotatable bonds is 6. The third kappa shape index (κ3) is 4.41. The molecule has 150 valence electrons. The van der Waals surface area contributed by atoms with E-state index in [1.54, 1.807) is 12.1 Å². The van der Waals surface area contributed by atoms with Gasteiger partial charge in [-0.25, -0.2) is 8.42 Å². The van der Waals surface area contributed by atoms with Crippen molar-refractivity contribution < 1.29 is 22.7 Å². The summed E-state index contributed by atoms with van der Waals surface area (Å²) in [4.78, 5) is 12.5. The minimum Gasteiger partial charge on any atom is -0.454 e. The number of hydrogen-bond donors (Lipinski definition) is 1. The zero-order chi connectivity index (χ0) is 20.5. The van der Waals surface area contributed by atoms with Crippen LogP contribution in [-0.4, -0.2) is 33.4 Å². The average molecular weight is 466 g/mol. The number of halogens is 3. The molecule has 0 aliphatic carbocycles. The highest BCUT2D eigenvalue weighted by molar-refractivity contribution is 7.92. The Morgan fingerprint density at radius 3 is 2.46 bits per heavy atom. The molecule has 1 amide bonds. The Kier molecular flexibility index (Phi) is 6.14. The van der Waals surface area contributed by atoms with Crippen molar-refractivity contribution in [3.63, 3.8) is 0 Å². The SMILES string of the molecule is CCS(=O)(=O)N(CC(=O)Nc1cc(Cl)c(Cl)cc1Cl)c1ccc2c(c1)OCO2. The summed E-state index contributed by atoms with van der Waals surface area (Å²) in [6, 6.07) is 7.42. The van der Waals surface area contributed by atoms with Crippen molar-refractivity contribution in [1.82, 2.24) is 0 Å². The monoisotopic (exact) mass is 464 g/mol. The topological polar surface area (TPSA) is 84.9 Å². The van der Waals surface area contributed by atoms with Crippen molar-refractivity contribution in [2.75, 3.05) is 28.7 Å². The van der Waals surface area contributed by atoms with Crippen molar-refractivity contribution in [1.29, 1.82) is 0 Å². The average Bonchev–Trinajstić information content (AvgIpc) is 3.11. The number of fused-ring (bicyclic) bond motifs is 1. The first kappa shape index (κ1) is 20.9. The zero-order valence-corrected chi connectivity index (χ0v) is 17.6. The van der Waals surface area contributed by atoms with Crippen LogP contribution >= 0.6 is 34.8 Å². The summed E-state index contributed by atoms with van der Waals surface area (Å²) in [5, 5.41) is 3.17. The van der Waals surface area contributed by atoms with Crippen molar-refractivity contribution in [3.8, 4) is 11.5 Å². The molecule has 2 aromatic rings. The number of hydrogen-bond acceptors (Lipinski definition) is 5. The van der Waals surface area contributed by atoms with Gasteiger partial charge in [0.2, 0.25) is 22.7 Å². The highest BCUT2D eigenvalue weighted by Gasteiger charge is 2.26. The fraction of sp³-hybridized carbons (Fsp3) is 0.235. The van der Waals surface area contributed by atoms with Crippen LogP contribution in [0.5, 0.6) is 11.5 Å². The Morgan fingerprint density at radius 1 is 1.07 bits per heavy atom. The fourth-order valence-electron chi connectivity index (χ4n) is 2.48. The van der Waals surface area contributed by atoms with E-state index >= 15 is 0 Å². The Morgan fingerprint density at radius 2 is 1.75 bits per heavy atom. The van der Waals surface area contributed by atoms with E-state index in [2.05, 4.69) is 5.32 Å². The molecule has 0 bridgehead atoms. The lowest BCUT2D eigenvalue weighted by Crippen LogP contribution is -2.39. The predicted molar refractivity (Wildman–Crippen MR) is 109 cm³/mol. The minimum atomic E-state index is -3.75. The molecular formula is C17H15Cl3N2O5S. The molecule has 0 unspecified atom stereocenters. The number of amides is 1. The first-order chi connectivity index (χ1) is 13.2. The highest BCUT2D eigenvalue weighted by Crippen LogP contribution is 2.36. The van der Waals surface area contributed by atoms with E-state index in [1.165, 1.54) is 25.1 Å². The summed E-state index contributed by atoms with van der Waals surface area (Å²) in [7, 11) is -3.75. The predicted octanol–water partition coefficient (Wildman–Crippen LogP) is 4.17. The second-order valence-corrected chi connectivity index (χ2v) is 9.14. The van der Waals surface area contributed by atoms with E-state index in [4.69, 9.17) is 44.3 Å². The summed E-state index contributed by atoms with van der Waals surface area (Å²) < 4.78 is 36.6. The summed E-state index contributed by atoms with van der Waals surface area (Å²) in [5.41, 5.74) is 0.502. The lowest BCUT2D eigenvalue weighted by atomic mass is 10.2. The van der Waals surface area contributed by atoms with E-state index in [-0.39, 0.29) is 39.0 Å². The zero-order valence-electron chi connectivity index (χ0n) is 14.5. The molecule has 1 aliphatic heterocycles. The molecule has 0 aromatic heterocycles. The van der Waals surface area contributed by atoms with Gasteiger partial charge in [-0.15, -0.1) is 0 Å². The molecule has 3 rings (SSSR count). The molecule has 1 heterocycles. The molecule has 7 nitrogen and oxygen atoms in total. The largest absolute Gasteiger partial charge is 0.454 e. The van der Waals surface area contributed by atoms with Crippen LogP contribution in [0.1, 0.15) is 6.92 Å². The molecule has 0 radical (unpaired) electrons. The molecule has 28 heavy (non-hydrogen) atoms. The Balaban J connectivity index is 1.86. The summed E-state index contributed by atoms with van der Waals surface area (Å²) in [6.45, 7) is 1.07. The van der Waals surface area contributed by atoms with E-state index in [9.17, 15) is 13.2 Å². The fourth-order valence-corrected chi connectivity index (χ4v) is 4.14. The number of anilines is 2. The molecule has 0 spiro atoms. The number of benzene rings is 2. The first-order valence-corrected chi connectivity index (χ1v) is 10.8. The maximum Gasteiger partial charge on any atom is 0.245 e. The lowest BCUT2D eigenvalue weighted by Gasteiger charge is -2.23. The van der Waals surface area contributed by atoms with Gasteiger partial charge in [0.15, 0.2) is 11.5 Å². The number of ether oxygens (including phenoxy) is 2. The van der Waals surface area contributed by atoms with Crippen LogP contribution in [0.3, 0.4) is 0 Å². The van der Waals surface area contributed by atoms with E-state index < -0.39 is 22.5 Å². The number of sulfonamides is 1. The van der Waals surface area contributed by atoms with Gasteiger partial charge in [-0.1, -0.05) is 34.8 Å². The minimum absolute atomic E-state index is 0.0512. The van der Waals surface area contributed by atoms with E-state index in [1.807, 2.05) is 0 Å². The van der Waals surface area contributed by atoms with Gasteiger partial charge in [0.25, 0.3) is 0 Å². The Labute approximate surface area is 177 Å². The number of nitrogens with zero attached hydrogens (tertiary/aromatic N) is 1. The molecule has 2 aromatic carbocycles. The van der Waals surface area contributed by atoms with Gasteiger partial charge < -0.3 is 14.8 Å². The second kappa shape index (κ2) is 8.24.